The lowest BCUT2D eigenvalue weighted by Crippen LogP contribution is -2.36. The van der Waals surface area contributed by atoms with Crippen LogP contribution >= 0.6 is 0 Å². The highest BCUT2D eigenvalue weighted by molar-refractivity contribution is 6.17. The van der Waals surface area contributed by atoms with Gasteiger partial charge in [-0.05, 0) is 74.9 Å². The molecular weight excluding hydrogens is 350 g/mol. The fourth-order valence-corrected chi connectivity index (χ4v) is 3.91. The molecule has 1 heterocycles. The Balaban J connectivity index is 1.43. The Morgan fingerprint density at radius 2 is 1.43 bits per heavy atom. The van der Waals surface area contributed by atoms with Gasteiger partial charge in [0.05, 0.1) is 0 Å². The molecule has 4 rings (SSSR count). The second-order valence-corrected chi connectivity index (χ2v) is 8.00. The molecule has 0 bridgehead atoms. The number of carbonyl (C=O) groups is 2. The lowest BCUT2D eigenvalue weighted by molar-refractivity contribution is -0.131. The van der Waals surface area contributed by atoms with Crippen LogP contribution in [0.5, 0.6) is 0 Å². The van der Waals surface area contributed by atoms with Crippen molar-refractivity contribution in [1.82, 2.24) is 0 Å². The van der Waals surface area contributed by atoms with Crippen molar-refractivity contribution in [2.45, 2.75) is 39.5 Å². The molecule has 2 fully saturated rings. The molecule has 5 nitrogen and oxygen atoms in total. The average molecular weight is 377 g/mol. The van der Waals surface area contributed by atoms with Crippen LogP contribution in [0.15, 0.2) is 42.5 Å². The number of hydrogen-bond donors (Lipinski definition) is 2. The molecule has 0 spiro atoms. The molecule has 28 heavy (non-hydrogen) atoms. The van der Waals surface area contributed by atoms with E-state index in [1.54, 1.807) is 0 Å². The fraction of sp³-hybridized carbons (Fsp3) is 0.391. The largest absolute Gasteiger partial charge is 0.372 e. The summed E-state index contributed by atoms with van der Waals surface area (Å²) in [4.78, 5) is 28.1. The molecular formula is C23H27N3O2. The molecule has 1 aliphatic heterocycles. The van der Waals surface area contributed by atoms with E-state index in [9.17, 15) is 9.59 Å². The SMILES string of the molecule is Cc1cccc(C)c1NC(=O)C1(C(=O)Nc2ccc(N3CCCC3)cc2)CC1. The minimum atomic E-state index is -0.956. The quantitative estimate of drug-likeness (QED) is 0.766. The topological polar surface area (TPSA) is 61.4 Å². The molecule has 146 valence electrons. The number of carbonyl (C=O) groups excluding carboxylic acids is 2. The van der Waals surface area contributed by atoms with Gasteiger partial charge in [-0.25, -0.2) is 0 Å². The summed E-state index contributed by atoms with van der Waals surface area (Å²) in [5.74, 6) is -0.429. The summed E-state index contributed by atoms with van der Waals surface area (Å²) in [6.07, 6.45) is 3.63. The van der Waals surface area contributed by atoms with Crippen molar-refractivity contribution in [3.05, 3.63) is 53.6 Å². The van der Waals surface area contributed by atoms with E-state index < -0.39 is 5.41 Å². The van der Waals surface area contributed by atoms with Gasteiger partial charge in [0.2, 0.25) is 11.8 Å². The number of hydrogen-bond acceptors (Lipinski definition) is 3. The molecule has 5 heteroatoms. The number of benzene rings is 2. The summed E-state index contributed by atoms with van der Waals surface area (Å²) in [6.45, 7) is 6.11. The third-order valence-corrected chi connectivity index (χ3v) is 5.94. The minimum Gasteiger partial charge on any atom is -0.372 e. The molecule has 0 aromatic heterocycles. The summed E-state index contributed by atoms with van der Waals surface area (Å²) in [5, 5.41) is 5.93. The zero-order chi connectivity index (χ0) is 19.7. The number of para-hydroxylation sites is 1. The van der Waals surface area contributed by atoms with Crippen LogP contribution in [0.2, 0.25) is 0 Å². The number of rotatable bonds is 5. The zero-order valence-corrected chi connectivity index (χ0v) is 16.5. The van der Waals surface area contributed by atoms with E-state index in [4.69, 9.17) is 0 Å². The first kappa shape index (κ1) is 18.5. The summed E-state index contributed by atoms with van der Waals surface area (Å²) < 4.78 is 0. The van der Waals surface area contributed by atoms with Gasteiger partial charge in [-0.2, -0.15) is 0 Å². The number of nitrogens with one attached hydrogen (secondary N) is 2. The van der Waals surface area contributed by atoms with Crippen molar-refractivity contribution in [2.75, 3.05) is 28.6 Å². The van der Waals surface area contributed by atoms with Gasteiger partial charge in [0.25, 0.3) is 0 Å². The molecule has 2 aromatic rings. The Morgan fingerprint density at radius 1 is 0.857 bits per heavy atom. The normalized spacial score (nSPS) is 17.3. The molecule has 2 amide bonds. The molecule has 2 N–H and O–H groups in total. The standard InChI is InChI=1S/C23H27N3O2/c1-16-6-5-7-17(2)20(16)25-22(28)23(12-13-23)21(27)24-18-8-10-19(11-9-18)26-14-3-4-15-26/h5-11H,3-4,12-15H2,1-2H3,(H,24,27)(H,25,28). The van der Waals surface area contributed by atoms with Gasteiger partial charge in [-0.15, -0.1) is 0 Å². The van der Waals surface area contributed by atoms with Crippen LogP contribution in [0.3, 0.4) is 0 Å². The van der Waals surface area contributed by atoms with Crippen molar-refractivity contribution in [3.8, 4) is 0 Å². The third-order valence-electron chi connectivity index (χ3n) is 5.94. The van der Waals surface area contributed by atoms with Crippen LogP contribution in [-0.4, -0.2) is 24.9 Å². The van der Waals surface area contributed by atoms with Crippen LogP contribution in [0.25, 0.3) is 0 Å². The Kier molecular flexibility index (Phi) is 4.84. The van der Waals surface area contributed by atoms with Crippen LogP contribution in [0.1, 0.15) is 36.8 Å². The number of aryl methyl sites for hydroxylation is 2. The summed E-state index contributed by atoms with van der Waals surface area (Å²) >= 11 is 0. The van der Waals surface area contributed by atoms with E-state index in [1.165, 1.54) is 18.5 Å². The Morgan fingerprint density at radius 3 is 2.00 bits per heavy atom. The third kappa shape index (κ3) is 3.49. The zero-order valence-electron chi connectivity index (χ0n) is 16.5. The van der Waals surface area contributed by atoms with Crippen LogP contribution in [-0.2, 0) is 9.59 Å². The van der Waals surface area contributed by atoms with E-state index in [0.717, 1.165) is 35.6 Å². The van der Waals surface area contributed by atoms with Gasteiger partial charge in [-0.3, -0.25) is 9.59 Å². The Hall–Kier alpha value is -2.82. The van der Waals surface area contributed by atoms with E-state index in [0.29, 0.717) is 12.8 Å². The highest BCUT2D eigenvalue weighted by atomic mass is 16.2. The second kappa shape index (κ2) is 7.30. The molecule has 0 radical (unpaired) electrons. The summed E-state index contributed by atoms with van der Waals surface area (Å²) in [7, 11) is 0. The lowest BCUT2D eigenvalue weighted by atomic mass is 10.0. The van der Waals surface area contributed by atoms with E-state index in [-0.39, 0.29) is 11.8 Å². The van der Waals surface area contributed by atoms with Gasteiger partial charge in [0, 0.05) is 30.2 Å². The highest BCUT2D eigenvalue weighted by Gasteiger charge is 2.56. The van der Waals surface area contributed by atoms with Gasteiger partial charge < -0.3 is 15.5 Å². The summed E-state index contributed by atoms with van der Waals surface area (Å²) in [5.41, 5.74) is 3.77. The van der Waals surface area contributed by atoms with Crippen LogP contribution in [0, 0.1) is 19.3 Å². The van der Waals surface area contributed by atoms with Crippen LogP contribution in [0.4, 0.5) is 17.1 Å². The maximum absolute atomic E-state index is 12.9. The summed E-state index contributed by atoms with van der Waals surface area (Å²) in [6, 6.07) is 13.8. The predicted octanol–water partition coefficient (Wildman–Crippen LogP) is 4.26. The second-order valence-electron chi connectivity index (χ2n) is 8.00. The van der Waals surface area contributed by atoms with Crippen LogP contribution < -0.4 is 15.5 Å². The maximum atomic E-state index is 12.9. The van der Waals surface area contributed by atoms with Gasteiger partial charge in [-0.1, -0.05) is 18.2 Å². The number of anilines is 3. The van der Waals surface area contributed by atoms with E-state index in [2.05, 4.69) is 15.5 Å². The van der Waals surface area contributed by atoms with Crippen molar-refractivity contribution in [3.63, 3.8) is 0 Å². The molecule has 0 atom stereocenters. The molecule has 1 saturated carbocycles. The Labute approximate surface area is 166 Å². The predicted molar refractivity (Wildman–Crippen MR) is 113 cm³/mol. The number of nitrogens with zero attached hydrogens (tertiary/aromatic N) is 1. The van der Waals surface area contributed by atoms with Gasteiger partial charge in [0.1, 0.15) is 5.41 Å². The first-order valence-electron chi connectivity index (χ1n) is 10.0. The highest BCUT2D eigenvalue weighted by Crippen LogP contribution is 2.47. The monoisotopic (exact) mass is 377 g/mol. The van der Waals surface area contributed by atoms with Crippen molar-refractivity contribution >= 4 is 28.9 Å². The lowest BCUT2D eigenvalue weighted by Gasteiger charge is -2.19. The molecule has 1 saturated heterocycles. The molecule has 2 aromatic carbocycles. The van der Waals surface area contributed by atoms with E-state index >= 15 is 0 Å². The minimum absolute atomic E-state index is 0.212. The fourth-order valence-electron chi connectivity index (χ4n) is 3.91. The van der Waals surface area contributed by atoms with Crippen molar-refractivity contribution in [2.24, 2.45) is 5.41 Å². The smallest absolute Gasteiger partial charge is 0.240 e. The van der Waals surface area contributed by atoms with Gasteiger partial charge in [0.15, 0.2) is 0 Å². The average Bonchev–Trinajstić information content (AvgIpc) is 3.33. The molecule has 1 aliphatic carbocycles. The van der Waals surface area contributed by atoms with E-state index in [1.807, 2.05) is 56.3 Å². The Bertz CT molecular complexity index is 874. The van der Waals surface area contributed by atoms with Crippen molar-refractivity contribution < 1.29 is 9.59 Å². The maximum Gasteiger partial charge on any atom is 0.240 e. The number of amides is 2. The van der Waals surface area contributed by atoms with Crippen molar-refractivity contribution in [1.29, 1.82) is 0 Å². The molecule has 0 unspecified atom stereocenters. The first-order valence-corrected chi connectivity index (χ1v) is 10.0. The first-order chi connectivity index (χ1) is 13.5. The van der Waals surface area contributed by atoms with Gasteiger partial charge >= 0.3 is 0 Å². The molecule has 2 aliphatic rings.